The lowest BCUT2D eigenvalue weighted by molar-refractivity contribution is 0.102. The summed E-state index contributed by atoms with van der Waals surface area (Å²) in [4.78, 5) is 20.5. The Kier molecular flexibility index (Phi) is 4.10. The summed E-state index contributed by atoms with van der Waals surface area (Å²) in [5.41, 5.74) is 3.35. The van der Waals surface area contributed by atoms with Crippen LogP contribution < -0.4 is 5.32 Å². The third-order valence-corrected chi connectivity index (χ3v) is 3.43. The Labute approximate surface area is 133 Å². The van der Waals surface area contributed by atoms with Gasteiger partial charge in [0.25, 0.3) is 5.91 Å². The van der Waals surface area contributed by atoms with Gasteiger partial charge in [0.15, 0.2) is 0 Å². The minimum Gasteiger partial charge on any atom is -0.322 e. The standard InChI is InChI=1S/C18H14FN3O/c1-12-7-16(19)4-5-17(12)22-18(23)15-8-14(10-21-11-15)13-3-2-6-20-9-13/h2-11H,1H3,(H,22,23). The average molecular weight is 307 g/mol. The predicted octanol–water partition coefficient (Wildman–Crippen LogP) is 3.84. The zero-order chi connectivity index (χ0) is 16.2. The first-order valence-corrected chi connectivity index (χ1v) is 7.06. The van der Waals surface area contributed by atoms with Gasteiger partial charge in [-0.1, -0.05) is 6.07 Å². The topological polar surface area (TPSA) is 54.9 Å². The van der Waals surface area contributed by atoms with Crippen molar-refractivity contribution in [2.24, 2.45) is 0 Å². The molecule has 0 radical (unpaired) electrons. The van der Waals surface area contributed by atoms with E-state index in [1.807, 2.05) is 12.1 Å². The summed E-state index contributed by atoms with van der Waals surface area (Å²) >= 11 is 0. The first kappa shape index (κ1) is 14.8. The van der Waals surface area contributed by atoms with Gasteiger partial charge in [0.2, 0.25) is 0 Å². The molecule has 0 aliphatic rings. The molecule has 1 N–H and O–H groups in total. The fraction of sp³-hybridized carbons (Fsp3) is 0.0556. The molecule has 0 aliphatic carbocycles. The second-order valence-corrected chi connectivity index (χ2v) is 5.12. The van der Waals surface area contributed by atoms with E-state index in [1.165, 1.54) is 18.3 Å². The van der Waals surface area contributed by atoms with Crippen molar-refractivity contribution >= 4 is 11.6 Å². The quantitative estimate of drug-likeness (QED) is 0.799. The van der Waals surface area contributed by atoms with E-state index in [4.69, 9.17) is 0 Å². The molecule has 0 bridgehead atoms. The number of hydrogen-bond donors (Lipinski definition) is 1. The van der Waals surface area contributed by atoms with Crippen molar-refractivity contribution in [2.45, 2.75) is 6.92 Å². The van der Waals surface area contributed by atoms with Crippen molar-refractivity contribution in [3.8, 4) is 11.1 Å². The summed E-state index contributed by atoms with van der Waals surface area (Å²) in [6, 6.07) is 9.70. The summed E-state index contributed by atoms with van der Waals surface area (Å²) in [5, 5.41) is 2.77. The van der Waals surface area contributed by atoms with Crippen molar-refractivity contribution in [1.82, 2.24) is 9.97 Å². The third-order valence-electron chi connectivity index (χ3n) is 3.43. The molecule has 2 aromatic heterocycles. The first-order chi connectivity index (χ1) is 11.1. The van der Waals surface area contributed by atoms with Crippen LogP contribution in [0.3, 0.4) is 0 Å². The van der Waals surface area contributed by atoms with Crippen LogP contribution in [-0.2, 0) is 0 Å². The number of aryl methyl sites for hydroxylation is 1. The molecule has 0 saturated heterocycles. The van der Waals surface area contributed by atoms with Crippen molar-refractivity contribution in [3.63, 3.8) is 0 Å². The molecule has 2 heterocycles. The number of hydrogen-bond acceptors (Lipinski definition) is 3. The van der Waals surface area contributed by atoms with Crippen LogP contribution in [0.1, 0.15) is 15.9 Å². The Bertz CT molecular complexity index is 850. The molecule has 0 fully saturated rings. The SMILES string of the molecule is Cc1cc(F)ccc1NC(=O)c1cncc(-c2cccnc2)c1. The van der Waals surface area contributed by atoms with Crippen molar-refractivity contribution in [2.75, 3.05) is 5.32 Å². The molecule has 23 heavy (non-hydrogen) atoms. The molecule has 0 saturated carbocycles. The lowest BCUT2D eigenvalue weighted by Crippen LogP contribution is -2.13. The minimum atomic E-state index is -0.333. The van der Waals surface area contributed by atoms with Crippen LogP contribution >= 0.6 is 0 Å². The summed E-state index contributed by atoms with van der Waals surface area (Å²) in [6.45, 7) is 1.74. The van der Waals surface area contributed by atoms with E-state index < -0.39 is 0 Å². The monoisotopic (exact) mass is 307 g/mol. The predicted molar refractivity (Wildman–Crippen MR) is 86.6 cm³/mol. The van der Waals surface area contributed by atoms with Gasteiger partial charge in [0.1, 0.15) is 5.82 Å². The third kappa shape index (κ3) is 3.40. The highest BCUT2D eigenvalue weighted by Gasteiger charge is 2.10. The summed E-state index contributed by atoms with van der Waals surface area (Å²) in [5.74, 6) is -0.626. The van der Waals surface area contributed by atoms with Gasteiger partial charge in [-0.2, -0.15) is 0 Å². The van der Waals surface area contributed by atoms with Gasteiger partial charge < -0.3 is 5.32 Å². The van der Waals surface area contributed by atoms with E-state index in [9.17, 15) is 9.18 Å². The van der Waals surface area contributed by atoms with Crippen LogP contribution in [0.15, 0.2) is 61.2 Å². The number of nitrogens with zero attached hydrogens (tertiary/aromatic N) is 2. The number of anilines is 1. The minimum absolute atomic E-state index is 0.294. The van der Waals surface area contributed by atoms with Crippen LogP contribution in [0, 0.1) is 12.7 Å². The van der Waals surface area contributed by atoms with E-state index in [0.717, 1.165) is 11.1 Å². The molecule has 3 rings (SSSR count). The number of aromatic nitrogens is 2. The van der Waals surface area contributed by atoms with Gasteiger partial charge in [-0.25, -0.2) is 4.39 Å². The van der Waals surface area contributed by atoms with Crippen LogP contribution in [0.25, 0.3) is 11.1 Å². The second kappa shape index (κ2) is 6.36. The number of carbonyl (C=O) groups is 1. The number of rotatable bonds is 3. The lowest BCUT2D eigenvalue weighted by atomic mass is 10.1. The molecule has 5 heteroatoms. The van der Waals surface area contributed by atoms with Crippen molar-refractivity contribution in [3.05, 3.63) is 78.1 Å². The van der Waals surface area contributed by atoms with E-state index in [0.29, 0.717) is 16.8 Å². The maximum absolute atomic E-state index is 13.1. The smallest absolute Gasteiger partial charge is 0.257 e. The van der Waals surface area contributed by atoms with Crippen LogP contribution in [0.4, 0.5) is 10.1 Å². The highest BCUT2D eigenvalue weighted by Crippen LogP contribution is 2.20. The summed E-state index contributed by atoms with van der Waals surface area (Å²) < 4.78 is 13.1. The number of benzene rings is 1. The average Bonchev–Trinajstić information content (AvgIpc) is 2.58. The number of amides is 1. The van der Waals surface area contributed by atoms with E-state index in [2.05, 4.69) is 15.3 Å². The summed E-state index contributed by atoms with van der Waals surface area (Å²) in [6.07, 6.45) is 6.57. The van der Waals surface area contributed by atoms with E-state index in [-0.39, 0.29) is 11.7 Å². The van der Waals surface area contributed by atoms with E-state index in [1.54, 1.807) is 37.6 Å². The Morgan fingerprint density at radius 3 is 2.61 bits per heavy atom. The molecular weight excluding hydrogens is 293 g/mol. The molecule has 1 amide bonds. The zero-order valence-electron chi connectivity index (χ0n) is 12.5. The van der Waals surface area contributed by atoms with Gasteiger partial charge in [0, 0.05) is 41.6 Å². The van der Waals surface area contributed by atoms with Gasteiger partial charge in [-0.15, -0.1) is 0 Å². The molecule has 114 valence electrons. The van der Waals surface area contributed by atoms with Gasteiger partial charge >= 0.3 is 0 Å². The Balaban J connectivity index is 1.85. The molecule has 0 aliphatic heterocycles. The Morgan fingerprint density at radius 2 is 1.87 bits per heavy atom. The molecule has 0 unspecified atom stereocenters. The lowest BCUT2D eigenvalue weighted by Gasteiger charge is -2.09. The van der Waals surface area contributed by atoms with E-state index >= 15 is 0 Å². The van der Waals surface area contributed by atoms with Gasteiger partial charge in [0.05, 0.1) is 5.56 Å². The number of halogens is 1. The number of pyridine rings is 2. The Morgan fingerprint density at radius 1 is 1.04 bits per heavy atom. The fourth-order valence-corrected chi connectivity index (χ4v) is 2.22. The van der Waals surface area contributed by atoms with Crippen LogP contribution in [-0.4, -0.2) is 15.9 Å². The molecule has 3 aromatic rings. The van der Waals surface area contributed by atoms with Crippen molar-refractivity contribution in [1.29, 1.82) is 0 Å². The summed E-state index contributed by atoms with van der Waals surface area (Å²) in [7, 11) is 0. The largest absolute Gasteiger partial charge is 0.322 e. The first-order valence-electron chi connectivity index (χ1n) is 7.06. The molecule has 4 nitrogen and oxygen atoms in total. The maximum Gasteiger partial charge on any atom is 0.257 e. The van der Waals surface area contributed by atoms with Crippen molar-refractivity contribution < 1.29 is 9.18 Å². The maximum atomic E-state index is 13.1. The molecule has 0 atom stereocenters. The molecule has 0 spiro atoms. The van der Waals surface area contributed by atoms with Crippen LogP contribution in [0.5, 0.6) is 0 Å². The van der Waals surface area contributed by atoms with Crippen LogP contribution in [0.2, 0.25) is 0 Å². The molecule has 1 aromatic carbocycles. The normalized spacial score (nSPS) is 10.3. The Hall–Kier alpha value is -3.08. The fourth-order valence-electron chi connectivity index (χ4n) is 2.22. The second-order valence-electron chi connectivity index (χ2n) is 5.12. The number of carbonyl (C=O) groups excluding carboxylic acids is 1. The van der Waals surface area contributed by atoms with Gasteiger partial charge in [-0.3, -0.25) is 14.8 Å². The highest BCUT2D eigenvalue weighted by molar-refractivity contribution is 6.05. The number of nitrogens with one attached hydrogen (secondary N) is 1. The molecular formula is C18H14FN3O. The van der Waals surface area contributed by atoms with Gasteiger partial charge in [-0.05, 0) is 42.8 Å². The highest BCUT2D eigenvalue weighted by atomic mass is 19.1. The zero-order valence-corrected chi connectivity index (χ0v) is 12.5.